The molecule has 0 fully saturated rings. The molecular formula is C6H11N5OS. The van der Waals surface area contributed by atoms with Crippen LogP contribution in [0.4, 0.5) is 0 Å². The standard InChI is InChI=1S/C6H11N5OS/c1-11-3-9-10-6(11)13-2-4(7)5(8)12/h3-4H,2,7H2,1H3,(H2,8,12). The van der Waals surface area contributed by atoms with Crippen LogP contribution in [-0.2, 0) is 11.8 Å². The van der Waals surface area contributed by atoms with E-state index in [2.05, 4.69) is 10.2 Å². The molecule has 1 amide bonds. The van der Waals surface area contributed by atoms with E-state index in [9.17, 15) is 4.79 Å². The van der Waals surface area contributed by atoms with E-state index in [1.165, 1.54) is 11.8 Å². The smallest absolute Gasteiger partial charge is 0.235 e. The van der Waals surface area contributed by atoms with Crippen LogP contribution in [0.25, 0.3) is 0 Å². The third-order valence-corrected chi connectivity index (χ3v) is 2.58. The molecule has 0 aliphatic carbocycles. The number of amides is 1. The molecule has 0 spiro atoms. The van der Waals surface area contributed by atoms with Crippen LogP contribution in [0.1, 0.15) is 0 Å². The van der Waals surface area contributed by atoms with Gasteiger partial charge in [-0.25, -0.2) is 0 Å². The Morgan fingerprint density at radius 2 is 2.54 bits per heavy atom. The minimum Gasteiger partial charge on any atom is -0.368 e. The predicted octanol–water partition coefficient (Wildman–Crippen LogP) is -1.28. The van der Waals surface area contributed by atoms with Gasteiger partial charge in [-0.05, 0) is 0 Å². The first-order valence-corrected chi connectivity index (χ1v) is 4.61. The first kappa shape index (κ1) is 10.0. The molecule has 0 aliphatic heterocycles. The Kier molecular flexibility index (Phi) is 3.26. The first-order chi connectivity index (χ1) is 6.11. The fourth-order valence-corrected chi connectivity index (χ4v) is 1.50. The molecule has 0 saturated carbocycles. The van der Waals surface area contributed by atoms with Gasteiger partial charge in [-0.3, -0.25) is 4.79 Å². The number of nitrogens with two attached hydrogens (primary N) is 2. The number of hydrogen-bond donors (Lipinski definition) is 2. The van der Waals surface area contributed by atoms with Crippen molar-refractivity contribution in [2.24, 2.45) is 18.5 Å². The molecule has 13 heavy (non-hydrogen) atoms. The van der Waals surface area contributed by atoms with Crippen LogP contribution in [0.5, 0.6) is 0 Å². The summed E-state index contributed by atoms with van der Waals surface area (Å²) in [7, 11) is 1.82. The number of rotatable bonds is 4. The highest BCUT2D eigenvalue weighted by Gasteiger charge is 2.11. The molecule has 1 atom stereocenters. The van der Waals surface area contributed by atoms with Crippen LogP contribution in [0.3, 0.4) is 0 Å². The SMILES string of the molecule is Cn1cnnc1SCC(N)C(N)=O. The zero-order valence-corrected chi connectivity index (χ0v) is 7.99. The number of aryl methyl sites for hydroxylation is 1. The number of hydrogen-bond acceptors (Lipinski definition) is 5. The lowest BCUT2D eigenvalue weighted by Crippen LogP contribution is -2.38. The summed E-state index contributed by atoms with van der Waals surface area (Å²) in [4.78, 5) is 10.6. The maximum Gasteiger partial charge on any atom is 0.235 e. The van der Waals surface area contributed by atoms with Crippen LogP contribution in [0.2, 0.25) is 0 Å². The van der Waals surface area contributed by atoms with Crippen molar-refractivity contribution in [3.05, 3.63) is 6.33 Å². The molecule has 0 saturated heterocycles. The number of carbonyl (C=O) groups excluding carboxylic acids is 1. The lowest BCUT2D eigenvalue weighted by Gasteiger charge is -2.05. The van der Waals surface area contributed by atoms with Gasteiger partial charge in [0.2, 0.25) is 5.91 Å². The summed E-state index contributed by atoms with van der Waals surface area (Å²) < 4.78 is 1.75. The fourth-order valence-electron chi connectivity index (χ4n) is 0.650. The topological polar surface area (TPSA) is 99.8 Å². The van der Waals surface area contributed by atoms with E-state index in [0.717, 1.165) is 5.16 Å². The van der Waals surface area contributed by atoms with Gasteiger partial charge in [0.15, 0.2) is 5.16 Å². The van der Waals surface area contributed by atoms with Gasteiger partial charge in [-0.15, -0.1) is 10.2 Å². The van der Waals surface area contributed by atoms with Crippen LogP contribution in [0.15, 0.2) is 11.5 Å². The minimum atomic E-state index is -0.637. The van der Waals surface area contributed by atoms with Crippen molar-refractivity contribution in [1.82, 2.24) is 14.8 Å². The minimum absolute atomic E-state index is 0.419. The van der Waals surface area contributed by atoms with Crippen molar-refractivity contribution in [2.45, 2.75) is 11.2 Å². The monoisotopic (exact) mass is 201 g/mol. The highest BCUT2D eigenvalue weighted by atomic mass is 32.2. The van der Waals surface area contributed by atoms with E-state index in [4.69, 9.17) is 11.5 Å². The van der Waals surface area contributed by atoms with Gasteiger partial charge >= 0.3 is 0 Å². The number of carbonyl (C=O) groups is 1. The maximum absolute atomic E-state index is 10.6. The van der Waals surface area contributed by atoms with Gasteiger partial charge in [-0.1, -0.05) is 11.8 Å². The average molecular weight is 201 g/mol. The van der Waals surface area contributed by atoms with Gasteiger partial charge in [0, 0.05) is 12.8 Å². The van der Waals surface area contributed by atoms with E-state index in [0.29, 0.717) is 5.75 Å². The van der Waals surface area contributed by atoms with E-state index < -0.39 is 11.9 Å². The van der Waals surface area contributed by atoms with Gasteiger partial charge < -0.3 is 16.0 Å². The molecule has 72 valence electrons. The molecule has 1 rings (SSSR count). The van der Waals surface area contributed by atoms with E-state index in [1.807, 2.05) is 7.05 Å². The zero-order chi connectivity index (χ0) is 9.84. The molecule has 0 radical (unpaired) electrons. The molecule has 0 bridgehead atoms. The van der Waals surface area contributed by atoms with E-state index in [-0.39, 0.29) is 0 Å². The van der Waals surface area contributed by atoms with Gasteiger partial charge in [0.05, 0.1) is 6.04 Å². The van der Waals surface area contributed by atoms with Crippen molar-refractivity contribution >= 4 is 17.7 Å². The second-order valence-electron chi connectivity index (χ2n) is 2.54. The molecular weight excluding hydrogens is 190 g/mol. The van der Waals surface area contributed by atoms with E-state index in [1.54, 1.807) is 10.9 Å². The maximum atomic E-state index is 10.6. The summed E-state index contributed by atoms with van der Waals surface area (Å²) in [5, 5.41) is 8.21. The van der Waals surface area contributed by atoms with Crippen LogP contribution >= 0.6 is 11.8 Å². The molecule has 1 aromatic rings. The highest BCUT2D eigenvalue weighted by molar-refractivity contribution is 7.99. The second kappa shape index (κ2) is 4.24. The van der Waals surface area contributed by atoms with Crippen molar-refractivity contribution in [1.29, 1.82) is 0 Å². The van der Waals surface area contributed by atoms with Gasteiger partial charge in [0.25, 0.3) is 0 Å². The molecule has 0 aliphatic rings. The van der Waals surface area contributed by atoms with Crippen molar-refractivity contribution < 1.29 is 4.79 Å². The Hall–Kier alpha value is -1.08. The number of primary amides is 1. The Morgan fingerprint density at radius 1 is 1.85 bits per heavy atom. The largest absolute Gasteiger partial charge is 0.368 e. The Balaban J connectivity index is 2.44. The summed E-state index contributed by atoms with van der Waals surface area (Å²) in [6, 6.07) is -0.637. The van der Waals surface area contributed by atoms with Crippen LogP contribution in [-0.4, -0.2) is 32.5 Å². The van der Waals surface area contributed by atoms with E-state index >= 15 is 0 Å². The summed E-state index contributed by atoms with van der Waals surface area (Å²) in [6.07, 6.45) is 1.58. The molecule has 1 unspecified atom stereocenters. The Bertz CT molecular complexity index is 299. The molecule has 7 heteroatoms. The highest BCUT2D eigenvalue weighted by Crippen LogP contribution is 2.13. The second-order valence-corrected chi connectivity index (χ2v) is 3.53. The average Bonchev–Trinajstić information content (AvgIpc) is 2.47. The molecule has 4 N–H and O–H groups in total. The quantitative estimate of drug-likeness (QED) is 0.591. The third-order valence-electron chi connectivity index (χ3n) is 1.43. The summed E-state index contributed by atoms with van der Waals surface area (Å²) in [5.41, 5.74) is 10.4. The number of nitrogens with zero attached hydrogens (tertiary/aromatic N) is 3. The third kappa shape index (κ3) is 2.71. The first-order valence-electron chi connectivity index (χ1n) is 3.63. The number of thioether (sulfide) groups is 1. The van der Waals surface area contributed by atoms with Crippen molar-refractivity contribution in [3.8, 4) is 0 Å². The molecule has 0 aromatic carbocycles. The predicted molar refractivity (Wildman–Crippen MR) is 48.9 cm³/mol. The number of aromatic nitrogens is 3. The fraction of sp³-hybridized carbons (Fsp3) is 0.500. The van der Waals surface area contributed by atoms with Gasteiger partial charge in [0.1, 0.15) is 6.33 Å². The normalized spacial score (nSPS) is 12.8. The lowest BCUT2D eigenvalue weighted by molar-refractivity contribution is -0.118. The molecule has 6 nitrogen and oxygen atoms in total. The zero-order valence-electron chi connectivity index (χ0n) is 7.17. The van der Waals surface area contributed by atoms with Crippen molar-refractivity contribution in [2.75, 3.05) is 5.75 Å². The summed E-state index contributed by atoms with van der Waals surface area (Å²) >= 11 is 1.35. The van der Waals surface area contributed by atoms with Crippen LogP contribution < -0.4 is 11.5 Å². The van der Waals surface area contributed by atoms with Gasteiger partial charge in [-0.2, -0.15) is 0 Å². The Labute approximate surface area is 79.7 Å². The molecule has 1 aromatic heterocycles. The molecule has 1 heterocycles. The Morgan fingerprint density at radius 3 is 3.00 bits per heavy atom. The summed E-state index contributed by atoms with van der Waals surface area (Å²) in [6.45, 7) is 0. The lowest BCUT2D eigenvalue weighted by atomic mass is 10.3. The summed E-state index contributed by atoms with van der Waals surface area (Å²) in [5.74, 6) is -0.0864. The van der Waals surface area contributed by atoms with Crippen LogP contribution in [0, 0.1) is 0 Å². The van der Waals surface area contributed by atoms with Crippen molar-refractivity contribution in [3.63, 3.8) is 0 Å².